The zero-order valence-corrected chi connectivity index (χ0v) is 25.8. The highest BCUT2D eigenvalue weighted by Crippen LogP contribution is 2.32. The molecule has 0 unspecified atom stereocenters. The number of hydrogen-bond donors (Lipinski definition) is 1. The van der Waals surface area contributed by atoms with Gasteiger partial charge in [-0.15, -0.1) is 0 Å². The molecule has 1 aliphatic carbocycles. The topological polar surface area (TPSA) is 60.4 Å². The van der Waals surface area contributed by atoms with E-state index in [0.29, 0.717) is 17.1 Å². The molecule has 2 aliphatic heterocycles. The first kappa shape index (κ1) is 32.6. The third-order valence-corrected chi connectivity index (χ3v) is 8.10. The van der Waals surface area contributed by atoms with Gasteiger partial charge in [-0.05, 0) is 83.8 Å². The van der Waals surface area contributed by atoms with E-state index in [2.05, 4.69) is 35.8 Å². The third kappa shape index (κ3) is 9.02. The summed E-state index contributed by atoms with van der Waals surface area (Å²) in [4.78, 5) is 22.5. The van der Waals surface area contributed by atoms with Crippen molar-refractivity contribution >= 4 is 11.7 Å². The van der Waals surface area contributed by atoms with Crippen LogP contribution in [-0.2, 0) is 6.42 Å². The predicted octanol–water partition coefficient (Wildman–Crippen LogP) is 5.73. The first-order valence-electron chi connectivity index (χ1n) is 14.9. The molecule has 7 nitrogen and oxygen atoms in total. The maximum Gasteiger partial charge on any atom is 0.282 e. The minimum Gasteiger partial charge on any atom is -0.496 e. The first-order valence-corrected chi connectivity index (χ1v) is 14.9. The Labute approximate surface area is 245 Å². The number of alkyl halides is 2. The maximum absolute atomic E-state index is 14.3. The van der Waals surface area contributed by atoms with E-state index in [1.165, 1.54) is 0 Å². The minimum absolute atomic E-state index is 0.000469. The van der Waals surface area contributed by atoms with Crippen LogP contribution in [0.1, 0.15) is 75.2 Å². The molecular formula is C32H49F2N5O2. The van der Waals surface area contributed by atoms with Crippen LogP contribution in [-0.4, -0.2) is 91.8 Å². The molecule has 1 aromatic carbocycles. The lowest BCUT2D eigenvalue weighted by atomic mass is 10.0. The number of aryl methyl sites for hydroxylation is 1. The van der Waals surface area contributed by atoms with Gasteiger partial charge in [0, 0.05) is 30.4 Å². The van der Waals surface area contributed by atoms with Gasteiger partial charge in [-0.25, -0.2) is 13.8 Å². The highest BCUT2D eigenvalue weighted by atomic mass is 19.3. The van der Waals surface area contributed by atoms with Crippen molar-refractivity contribution in [1.82, 2.24) is 20.0 Å². The van der Waals surface area contributed by atoms with Crippen LogP contribution in [0.25, 0.3) is 0 Å². The quantitative estimate of drug-likeness (QED) is 0.471. The SMILES string of the molecule is C=C(C)N=C1/C(=C\C)N(C)CC(F)(F)CN1C1CCCC1.CCc1ccc(C(=O)NC2CCN(C)CC2)cc1OC. The zero-order valence-electron chi connectivity index (χ0n) is 25.8. The molecule has 0 aromatic heterocycles. The number of nitrogens with one attached hydrogen (secondary N) is 1. The van der Waals surface area contributed by atoms with Crippen molar-refractivity contribution in [1.29, 1.82) is 0 Å². The Bertz CT molecular complexity index is 1110. The molecule has 3 aliphatic rings. The molecule has 0 spiro atoms. The average Bonchev–Trinajstić information content (AvgIpc) is 3.44. The van der Waals surface area contributed by atoms with Crippen molar-refractivity contribution < 1.29 is 18.3 Å². The smallest absolute Gasteiger partial charge is 0.282 e. The van der Waals surface area contributed by atoms with Gasteiger partial charge < -0.3 is 24.8 Å². The second-order valence-electron chi connectivity index (χ2n) is 11.6. The molecule has 4 rings (SSSR count). The van der Waals surface area contributed by atoms with Gasteiger partial charge in [-0.2, -0.15) is 0 Å². The summed E-state index contributed by atoms with van der Waals surface area (Å²) in [5, 5.41) is 3.12. The van der Waals surface area contributed by atoms with Crippen LogP contribution in [0.4, 0.5) is 8.78 Å². The average molecular weight is 574 g/mol. The maximum atomic E-state index is 14.3. The third-order valence-electron chi connectivity index (χ3n) is 8.10. The van der Waals surface area contributed by atoms with Crippen molar-refractivity contribution in [3.05, 3.63) is 53.4 Å². The van der Waals surface area contributed by atoms with Crippen LogP contribution in [0.3, 0.4) is 0 Å². The molecule has 228 valence electrons. The lowest BCUT2D eigenvalue weighted by molar-refractivity contribution is -0.0331. The van der Waals surface area contributed by atoms with E-state index >= 15 is 0 Å². The second kappa shape index (κ2) is 14.8. The van der Waals surface area contributed by atoms with E-state index in [9.17, 15) is 13.6 Å². The predicted molar refractivity (Wildman–Crippen MR) is 163 cm³/mol. The number of carbonyl (C=O) groups excluding carboxylic acids is 1. The van der Waals surface area contributed by atoms with Crippen LogP contribution in [0.15, 0.2) is 47.2 Å². The molecule has 41 heavy (non-hydrogen) atoms. The monoisotopic (exact) mass is 573 g/mol. The van der Waals surface area contributed by atoms with Crippen LogP contribution >= 0.6 is 0 Å². The number of benzene rings is 1. The van der Waals surface area contributed by atoms with Gasteiger partial charge in [-0.1, -0.05) is 38.5 Å². The van der Waals surface area contributed by atoms with Crippen LogP contribution in [0, 0.1) is 0 Å². The second-order valence-corrected chi connectivity index (χ2v) is 11.6. The summed E-state index contributed by atoms with van der Waals surface area (Å²) < 4.78 is 33.8. The van der Waals surface area contributed by atoms with E-state index in [1.54, 1.807) is 26.0 Å². The minimum atomic E-state index is -2.74. The number of methoxy groups -OCH3 is 1. The highest BCUT2D eigenvalue weighted by molar-refractivity contribution is 5.99. The summed E-state index contributed by atoms with van der Waals surface area (Å²) in [7, 11) is 5.47. The number of amides is 1. The normalized spacial score (nSPS) is 22.3. The Hall–Kier alpha value is -2.94. The lowest BCUT2D eigenvalue weighted by Gasteiger charge is -2.32. The molecule has 3 fully saturated rings. The molecule has 9 heteroatoms. The van der Waals surface area contributed by atoms with Crippen molar-refractivity contribution in [2.45, 2.75) is 83.7 Å². The van der Waals surface area contributed by atoms with Gasteiger partial charge in [0.15, 0.2) is 5.84 Å². The Kier molecular flexibility index (Phi) is 11.8. The van der Waals surface area contributed by atoms with Gasteiger partial charge in [0.2, 0.25) is 0 Å². The van der Waals surface area contributed by atoms with E-state index in [-0.39, 0.29) is 31.1 Å². The molecular weight excluding hydrogens is 524 g/mol. The van der Waals surface area contributed by atoms with Crippen LogP contribution < -0.4 is 10.1 Å². The molecule has 1 amide bonds. The molecule has 2 heterocycles. The van der Waals surface area contributed by atoms with E-state index in [1.807, 2.05) is 36.1 Å². The number of nitrogens with zero attached hydrogens (tertiary/aromatic N) is 4. The summed E-state index contributed by atoms with van der Waals surface area (Å²) in [5.74, 6) is -1.29. The van der Waals surface area contributed by atoms with Crippen molar-refractivity contribution in [3.63, 3.8) is 0 Å². The Morgan fingerprint density at radius 2 is 1.83 bits per heavy atom. The Balaban J connectivity index is 0.000000226. The Morgan fingerprint density at radius 3 is 2.39 bits per heavy atom. The summed E-state index contributed by atoms with van der Waals surface area (Å²) >= 11 is 0. The molecule has 1 saturated carbocycles. The summed E-state index contributed by atoms with van der Waals surface area (Å²) in [5.41, 5.74) is 3.22. The van der Waals surface area contributed by atoms with Crippen molar-refractivity contribution in [3.8, 4) is 5.75 Å². The fraction of sp³-hybridized carbons (Fsp3) is 0.625. The van der Waals surface area contributed by atoms with E-state index < -0.39 is 5.92 Å². The number of piperidine rings is 1. The fourth-order valence-electron chi connectivity index (χ4n) is 5.89. The summed E-state index contributed by atoms with van der Waals surface area (Å²) in [6.45, 7) is 11.1. The molecule has 0 bridgehead atoms. The van der Waals surface area contributed by atoms with Gasteiger partial charge in [0.05, 0.1) is 25.9 Å². The van der Waals surface area contributed by atoms with E-state index in [4.69, 9.17) is 4.74 Å². The number of ether oxygens (including phenoxy) is 1. The first-order chi connectivity index (χ1) is 19.5. The highest BCUT2D eigenvalue weighted by Gasteiger charge is 2.42. The number of halogens is 2. The van der Waals surface area contributed by atoms with Crippen molar-refractivity contribution in [2.24, 2.45) is 4.99 Å². The molecule has 0 atom stereocenters. The standard InChI is InChI=1S/C16H25F2N3.C16H24N2O2/c1-5-14-15(19-12(2)3)21(13-8-6-7-9-13)11-16(17,18)10-20(14)4;1-4-12-5-6-13(11-15(12)20-3)16(19)17-14-7-9-18(2)10-8-14/h5,13H,2,6-11H2,1,3-4H3;5-6,11,14H,4,7-10H2,1-3H3,(H,17,19)/b14-5+,19-15?;. The number of likely N-dealkylation sites (tertiary alicyclic amines) is 1. The Morgan fingerprint density at radius 1 is 1.17 bits per heavy atom. The van der Waals surface area contributed by atoms with Crippen LogP contribution in [0.2, 0.25) is 0 Å². The number of amidine groups is 1. The molecule has 0 radical (unpaired) electrons. The number of allylic oxidation sites excluding steroid dienone is 2. The molecule has 1 N–H and O–H groups in total. The lowest BCUT2D eigenvalue weighted by Crippen LogP contribution is -2.45. The number of rotatable bonds is 6. The van der Waals surface area contributed by atoms with Gasteiger partial charge >= 0.3 is 0 Å². The van der Waals surface area contributed by atoms with Gasteiger partial charge in [-0.3, -0.25) is 4.79 Å². The number of carbonyl (C=O) groups is 1. The van der Waals surface area contributed by atoms with Gasteiger partial charge in [0.25, 0.3) is 11.8 Å². The van der Waals surface area contributed by atoms with Crippen LogP contribution in [0.5, 0.6) is 5.75 Å². The van der Waals surface area contributed by atoms with E-state index in [0.717, 1.165) is 75.0 Å². The summed E-state index contributed by atoms with van der Waals surface area (Å²) in [6, 6.07) is 6.14. The molecule has 1 aromatic rings. The molecule has 2 saturated heterocycles. The largest absolute Gasteiger partial charge is 0.496 e. The number of likely N-dealkylation sites (N-methyl/N-ethyl adjacent to an activating group) is 1. The number of aliphatic imine (C=N–C) groups is 1. The number of hydrogen-bond acceptors (Lipinski definition) is 5. The summed E-state index contributed by atoms with van der Waals surface area (Å²) in [6.07, 6.45) is 8.95. The van der Waals surface area contributed by atoms with Crippen molar-refractivity contribution in [2.75, 3.05) is 47.4 Å². The zero-order chi connectivity index (χ0) is 30.2. The van der Waals surface area contributed by atoms with Gasteiger partial charge in [0.1, 0.15) is 5.75 Å². The fourth-order valence-corrected chi connectivity index (χ4v) is 5.89.